The van der Waals surface area contributed by atoms with Gasteiger partial charge < -0.3 is 10.1 Å². The molecule has 0 atom stereocenters. The second-order valence-corrected chi connectivity index (χ2v) is 4.00. The van der Waals surface area contributed by atoms with Gasteiger partial charge in [0.1, 0.15) is 5.69 Å². The Morgan fingerprint density at radius 1 is 1.26 bits per heavy atom. The van der Waals surface area contributed by atoms with Crippen LogP contribution < -0.4 is 0 Å². The van der Waals surface area contributed by atoms with Gasteiger partial charge in [0.25, 0.3) is 5.78 Å². The van der Waals surface area contributed by atoms with Crippen LogP contribution in [0.3, 0.4) is 0 Å². The molecule has 2 N–H and O–H groups in total. The number of Topliss-reactive ketones (excluding diaryl/α,β-unsaturated/α-hetero) is 1. The van der Waals surface area contributed by atoms with Crippen molar-refractivity contribution in [3.05, 3.63) is 35.0 Å². The van der Waals surface area contributed by atoms with E-state index in [0.717, 1.165) is 0 Å². The lowest BCUT2D eigenvalue weighted by molar-refractivity contribution is -0.0884. The molecule has 1 heterocycles. The number of H-pyrrole nitrogens is 1. The van der Waals surface area contributed by atoms with Crippen LogP contribution in [0, 0.1) is 6.92 Å². The van der Waals surface area contributed by atoms with Crippen LogP contribution in [0.5, 0.6) is 0 Å². The molecule has 100 valence electrons. The van der Waals surface area contributed by atoms with Crippen molar-refractivity contribution in [2.45, 2.75) is 13.1 Å². The highest BCUT2D eigenvalue weighted by molar-refractivity contribution is 6.17. The van der Waals surface area contributed by atoms with Crippen LogP contribution >= 0.6 is 0 Å². The van der Waals surface area contributed by atoms with E-state index in [9.17, 15) is 22.8 Å². The summed E-state index contributed by atoms with van der Waals surface area (Å²) in [7, 11) is 0. The van der Waals surface area contributed by atoms with Gasteiger partial charge in [-0.1, -0.05) is 18.2 Å². The third-order valence-corrected chi connectivity index (χ3v) is 2.74. The van der Waals surface area contributed by atoms with Gasteiger partial charge in [0.05, 0.1) is 5.56 Å². The Balaban J connectivity index is 2.84. The summed E-state index contributed by atoms with van der Waals surface area (Å²) in [5, 5.41) is 8.88. The zero-order valence-electron chi connectivity index (χ0n) is 9.63. The molecular formula is C12H8F3NO3. The summed E-state index contributed by atoms with van der Waals surface area (Å²) < 4.78 is 37.6. The van der Waals surface area contributed by atoms with Crippen molar-refractivity contribution in [1.82, 2.24) is 4.98 Å². The van der Waals surface area contributed by atoms with Crippen LogP contribution in [0.4, 0.5) is 13.2 Å². The van der Waals surface area contributed by atoms with Crippen molar-refractivity contribution in [2.75, 3.05) is 0 Å². The first-order chi connectivity index (χ1) is 8.73. The molecule has 0 spiro atoms. The predicted octanol–water partition coefficient (Wildman–Crippen LogP) is 2.92. The van der Waals surface area contributed by atoms with Crippen molar-refractivity contribution in [3.8, 4) is 0 Å². The third-order valence-electron chi connectivity index (χ3n) is 2.74. The lowest BCUT2D eigenvalue weighted by Gasteiger charge is -2.05. The SMILES string of the molecule is Cc1cccc2c(C(=O)C(F)(F)F)c(C(=O)O)[nH]c12. The van der Waals surface area contributed by atoms with Crippen molar-refractivity contribution in [2.24, 2.45) is 0 Å². The number of aromatic nitrogens is 1. The van der Waals surface area contributed by atoms with Gasteiger partial charge in [0, 0.05) is 10.9 Å². The van der Waals surface area contributed by atoms with Gasteiger partial charge >= 0.3 is 12.1 Å². The van der Waals surface area contributed by atoms with E-state index in [1.165, 1.54) is 12.1 Å². The van der Waals surface area contributed by atoms with E-state index < -0.39 is 29.2 Å². The number of ketones is 1. The average Bonchev–Trinajstić information content (AvgIpc) is 2.67. The van der Waals surface area contributed by atoms with Gasteiger partial charge in [0.15, 0.2) is 0 Å². The highest BCUT2D eigenvalue weighted by Crippen LogP contribution is 2.31. The molecule has 0 saturated carbocycles. The molecular weight excluding hydrogens is 263 g/mol. The third kappa shape index (κ3) is 2.07. The summed E-state index contributed by atoms with van der Waals surface area (Å²) >= 11 is 0. The van der Waals surface area contributed by atoms with E-state index in [0.29, 0.717) is 5.56 Å². The van der Waals surface area contributed by atoms with Crippen molar-refractivity contribution in [3.63, 3.8) is 0 Å². The van der Waals surface area contributed by atoms with Crippen LogP contribution in [0.2, 0.25) is 0 Å². The molecule has 19 heavy (non-hydrogen) atoms. The minimum atomic E-state index is -5.12. The fourth-order valence-electron chi connectivity index (χ4n) is 1.90. The molecule has 0 bridgehead atoms. The first kappa shape index (κ1) is 13.1. The summed E-state index contributed by atoms with van der Waals surface area (Å²) in [5.74, 6) is -3.77. The number of hydrogen-bond donors (Lipinski definition) is 2. The Kier molecular flexibility index (Phi) is 2.84. The molecule has 4 nitrogen and oxygen atoms in total. The van der Waals surface area contributed by atoms with Crippen molar-refractivity contribution < 1.29 is 27.9 Å². The first-order valence-electron chi connectivity index (χ1n) is 5.19. The largest absolute Gasteiger partial charge is 0.477 e. The molecule has 1 aromatic carbocycles. The maximum absolute atomic E-state index is 12.5. The Hall–Kier alpha value is -2.31. The van der Waals surface area contributed by atoms with Crippen LogP contribution in [0.25, 0.3) is 10.9 Å². The number of fused-ring (bicyclic) bond motifs is 1. The Morgan fingerprint density at radius 2 is 1.89 bits per heavy atom. The van der Waals surface area contributed by atoms with Crippen molar-refractivity contribution >= 4 is 22.7 Å². The number of rotatable bonds is 2. The van der Waals surface area contributed by atoms with E-state index in [1.807, 2.05) is 0 Å². The van der Waals surface area contributed by atoms with E-state index in [-0.39, 0.29) is 10.9 Å². The van der Waals surface area contributed by atoms with Crippen LogP contribution in [0.15, 0.2) is 18.2 Å². The predicted molar refractivity (Wildman–Crippen MR) is 60.4 cm³/mol. The van der Waals surface area contributed by atoms with E-state index in [4.69, 9.17) is 5.11 Å². The fourth-order valence-corrected chi connectivity index (χ4v) is 1.90. The molecule has 2 aromatic rings. The van der Waals surface area contributed by atoms with Gasteiger partial charge in [-0.3, -0.25) is 4.79 Å². The quantitative estimate of drug-likeness (QED) is 0.825. The molecule has 0 aliphatic heterocycles. The number of halogens is 3. The maximum atomic E-state index is 12.5. The first-order valence-corrected chi connectivity index (χ1v) is 5.19. The number of aromatic amines is 1. The topological polar surface area (TPSA) is 70.2 Å². The molecule has 0 amide bonds. The van der Waals surface area contributed by atoms with Gasteiger partial charge in [0.2, 0.25) is 0 Å². The number of carbonyl (C=O) groups excluding carboxylic acids is 1. The number of para-hydroxylation sites is 1. The number of carboxylic acid groups (broad SMARTS) is 1. The summed E-state index contributed by atoms with van der Waals surface area (Å²) in [5.41, 5.74) is -0.820. The Labute approximate surface area is 104 Å². The van der Waals surface area contributed by atoms with E-state index >= 15 is 0 Å². The van der Waals surface area contributed by atoms with Crippen LogP contribution in [0.1, 0.15) is 26.4 Å². The van der Waals surface area contributed by atoms with Gasteiger partial charge in [-0.25, -0.2) is 4.79 Å². The Bertz CT molecular complexity index is 685. The minimum absolute atomic E-state index is 0.0419. The average molecular weight is 271 g/mol. The lowest BCUT2D eigenvalue weighted by atomic mass is 10.0. The molecule has 0 aliphatic carbocycles. The second-order valence-electron chi connectivity index (χ2n) is 4.00. The number of alkyl halides is 3. The number of aromatic carboxylic acids is 1. The summed E-state index contributed by atoms with van der Waals surface area (Å²) in [6.45, 7) is 1.60. The zero-order chi connectivity index (χ0) is 14.4. The normalized spacial score (nSPS) is 11.8. The van der Waals surface area contributed by atoms with E-state index in [2.05, 4.69) is 4.98 Å². The molecule has 0 saturated heterocycles. The molecule has 2 rings (SSSR count). The maximum Gasteiger partial charge on any atom is 0.454 e. The van der Waals surface area contributed by atoms with Gasteiger partial charge in [-0.2, -0.15) is 13.2 Å². The monoisotopic (exact) mass is 271 g/mol. The Morgan fingerprint density at radius 3 is 2.42 bits per heavy atom. The molecule has 0 fully saturated rings. The molecule has 0 unspecified atom stereocenters. The van der Waals surface area contributed by atoms with Crippen molar-refractivity contribution in [1.29, 1.82) is 0 Å². The minimum Gasteiger partial charge on any atom is -0.477 e. The zero-order valence-corrected chi connectivity index (χ0v) is 9.63. The highest BCUT2D eigenvalue weighted by atomic mass is 19.4. The summed E-state index contributed by atoms with van der Waals surface area (Å²) in [6, 6.07) is 4.35. The highest BCUT2D eigenvalue weighted by Gasteiger charge is 2.43. The van der Waals surface area contributed by atoms with E-state index in [1.54, 1.807) is 13.0 Å². The molecule has 0 radical (unpaired) electrons. The van der Waals surface area contributed by atoms with Gasteiger partial charge in [-0.15, -0.1) is 0 Å². The number of nitrogens with one attached hydrogen (secondary N) is 1. The second kappa shape index (κ2) is 4.11. The summed E-state index contributed by atoms with van der Waals surface area (Å²) in [4.78, 5) is 24.7. The molecule has 0 aliphatic rings. The molecule has 1 aromatic heterocycles. The lowest BCUT2D eigenvalue weighted by Crippen LogP contribution is -2.24. The van der Waals surface area contributed by atoms with Crippen LogP contribution in [-0.4, -0.2) is 28.0 Å². The number of hydrogen-bond acceptors (Lipinski definition) is 2. The number of carboxylic acids is 1. The number of benzene rings is 1. The summed E-state index contributed by atoms with van der Waals surface area (Å²) in [6.07, 6.45) is -5.12. The van der Waals surface area contributed by atoms with Gasteiger partial charge in [-0.05, 0) is 12.5 Å². The number of carbonyl (C=O) groups is 2. The standard InChI is InChI=1S/C12H8F3NO3/c1-5-3-2-4-6-7(10(17)12(13,14)15)9(11(18)19)16-8(5)6/h2-4,16H,1H3,(H,18,19). The molecule has 7 heteroatoms. The smallest absolute Gasteiger partial charge is 0.454 e. The van der Waals surface area contributed by atoms with Crippen LogP contribution in [-0.2, 0) is 0 Å². The fraction of sp³-hybridized carbons (Fsp3) is 0.167. The number of aryl methyl sites for hydroxylation is 1.